The molecule has 1 aliphatic rings. The molecule has 1 amide bonds. The Morgan fingerprint density at radius 1 is 1.37 bits per heavy atom. The molecule has 0 spiro atoms. The van der Waals surface area contributed by atoms with Gasteiger partial charge in [-0.3, -0.25) is 4.79 Å². The van der Waals surface area contributed by atoms with Crippen molar-refractivity contribution in [3.63, 3.8) is 0 Å². The van der Waals surface area contributed by atoms with Gasteiger partial charge >= 0.3 is 0 Å². The fraction of sp³-hybridized carbons (Fsp3) is 0.500. The number of rotatable bonds is 2. The predicted molar refractivity (Wildman–Crippen MR) is 70.6 cm³/mol. The number of H-pyrrole nitrogens is 1. The molecule has 100 valence electrons. The summed E-state index contributed by atoms with van der Waals surface area (Å²) in [4.78, 5) is 28.6. The minimum atomic E-state index is 0.149. The number of nitrogens with zero attached hydrogens (tertiary/aromatic N) is 4. The van der Waals surface area contributed by atoms with E-state index < -0.39 is 0 Å². The number of amides is 1. The van der Waals surface area contributed by atoms with Crippen LogP contribution in [0.2, 0.25) is 0 Å². The van der Waals surface area contributed by atoms with Crippen LogP contribution in [0.5, 0.6) is 0 Å². The SMILES string of the molecule is CC(=O)N1CCC(Nc2ncnc3nc[nH]c23)CC1. The Hall–Kier alpha value is -2.18. The number of likely N-dealkylation sites (tertiary alicyclic amines) is 1. The van der Waals surface area contributed by atoms with E-state index in [4.69, 9.17) is 0 Å². The Bertz CT molecular complexity index is 587. The van der Waals surface area contributed by atoms with E-state index in [1.807, 2.05) is 4.90 Å². The number of hydrogen-bond acceptors (Lipinski definition) is 5. The van der Waals surface area contributed by atoms with Gasteiger partial charge in [-0.2, -0.15) is 0 Å². The quantitative estimate of drug-likeness (QED) is 0.833. The molecule has 1 saturated heterocycles. The summed E-state index contributed by atoms with van der Waals surface area (Å²) in [7, 11) is 0. The van der Waals surface area contributed by atoms with Gasteiger partial charge in [-0.05, 0) is 12.8 Å². The molecule has 2 aromatic rings. The van der Waals surface area contributed by atoms with Gasteiger partial charge in [0.1, 0.15) is 11.8 Å². The molecule has 3 rings (SSSR count). The first-order chi connectivity index (χ1) is 9.24. The third-order valence-electron chi connectivity index (χ3n) is 3.50. The Morgan fingerprint density at radius 3 is 2.89 bits per heavy atom. The minimum Gasteiger partial charge on any atom is -0.365 e. The van der Waals surface area contributed by atoms with E-state index in [1.54, 1.807) is 13.3 Å². The van der Waals surface area contributed by atoms with Crippen molar-refractivity contribution in [3.05, 3.63) is 12.7 Å². The molecule has 0 atom stereocenters. The van der Waals surface area contributed by atoms with E-state index in [9.17, 15) is 4.79 Å². The molecule has 2 aromatic heterocycles. The van der Waals surface area contributed by atoms with Crippen molar-refractivity contribution in [3.8, 4) is 0 Å². The summed E-state index contributed by atoms with van der Waals surface area (Å²) < 4.78 is 0. The maximum atomic E-state index is 11.3. The lowest BCUT2D eigenvalue weighted by Crippen LogP contribution is -2.41. The summed E-state index contributed by atoms with van der Waals surface area (Å²) in [6.45, 7) is 3.21. The lowest BCUT2D eigenvalue weighted by Gasteiger charge is -2.31. The van der Waals surface area contributed by atoms with E-state index in [0.717, 1.165) is 37.3 Å². The van der Waals surface area contributed by atoms with Crippen molar-refractivity contribution in [2.45, 2.75) is 25.8 Å². The van der Waals surface area contributed by atoms with Crippen LogP contribution in [-0.4, -0.2) is 49.9 Å². The van der Waals surface area contributed by atoms with Crippen LogP contribution in [0.1, 0.15) is 19.8 Å². The third-order valence-corrected chi connectivity index (χ3v) is 3.50. The summed E-state index contributed by atoms with van der Waals surface area (Å²) >= 11 is 0. The number of hydrogen-bond donors (Lipinski definition) is 2. The normalized spacial score (nSPS) is 16.8. The first-order valence-corrected chi connectivity index (χ1v) is 6.40. The van der Waals surface area contributed by atoms with Crippen LogP contribution in [0.15, 0.2) is 12.7 Å². The van der Waals surface area contributed by atoms with Crippen molar-refractivity contribution in [2.75, 3.05) is 18.4 Å². The standard InChI is InChI=1S/C12H16N6O/c1-8(19)18-4-2-9(3-5-18)17-12-10-11(14-6-13-10)15-7-16-12/h6-7,9H,2-5H2,1H3,(H2,13,14,15,16,17). The van der Waals surface area contributed by atoms with Crippen LogP contribution in [0.4, 0.5) is 5.82 Å². The Labute approximate surface area is 110 Å². The number of carbonyl (C=O) groups excluding carboxylic acids is 1. The highest BCUT2D eigenvalue weighted by molar-refractivity contribution is 5.82. The Morgan fingerprint density at radius 2 is 2.16 bits per heavy atom. The molecule has 1 fully saturated rings. The van der Waals surface area contributed by atoms with Crippen LogP contribution in [0.25, 0.3) is 11.2 Å². The number of piperidine rings is 1. The Kier molecular flexibility index (Phi) is 3.02. The number of imidazole rings is 1. The number of aromatic nitrogens is 4. The number of nitrogens with one attached hydrogen (secondary N) is 2. The highest BCUT2D eigenvalue weighted by Gasteiger charge is 2.21. The average molecular weight is 260 g/mol. The third kappa shape index (κ3) is 2.35. The topological polar surface area (TPSA) is 86.8 Å². The molecule has 7 nitrogen and oxygen atoms in total. The monoisotopic (exact) mass is 260 g/mol. The van der Waals surface area contributed by atoms with Crippen molar-refractivity contribution in [1.82, 2.24) is 24.8 Å². The molecule has 0 bridgehead atoms. The summed E-state index contributed by atoms with van der Waals surface area (Å²) in [5.74, 6) is 0.931. The molecule has 3 heterocycles. The van der Waals surface area contributed by atoms with Crippen LogP contribution >= 0.6 is 0 Å². The summed E-state index contributed by atoms with van der Waals surface area (Å²) in [5.41, 5.74) is 1.50. The Balaban J connectivity index is 1.69. The highest BCUT2D eigenvalue weighted by Crippen LogP contribution is 2.19. The van der Waals surface area contributed by atoms with Crippen LogP contribution in [-0.2, 0) is 4.79 Å². The lowest BCUT2D eigenvalue weighted by molar-refractivity contribution is -0.129. The van der Waals surface area contributed by atoms with Gasteiger partial charge in [-0.1, -0.05) is 0 Å². The average Bonchev–Trinajstić information content (AvgIpc) is 2.89. The number of fused-ring (bicyclic) bond motifs is 1. The van der Waals surface area contributed by atoms with Gasteiger partial charge in [0.15, 0.2) is 11.5 Å². The lowest BCUT2D eigenvalue weighted by atomic mass is 10.1. The van der Waals surface area contributed by atoms with Crippen molar-refractivity contribution < 1.29 is 4.79 Å². The summed E-state index contributed by atoms with van der Waals surface area (Å²) in [6.07, 6.45) is 4.98. The fourth-order valence-corrected chi connectivity index (χ4v) is 2.41. The number of carbonyl (C=O) groups is 1. The highest BCUT2D eigenvalue weighted by atomic mass is 16.2. The predicted octanol–water partition coefficient (Wildman–Crippen LogP) is 0.776. The molecular formula is C12H16N6O. The summed E-state index contributed by atoms with van der Waals surface area (Å²) in [5, 5.41) is 3.41. The molecule has 1 aliphatic heterocycles. The second-order valence-electron chi connectivity index (χ2n) is 4.75. The van der Waals surface area contributed by atoms with Gasteiger partial charge < -0.3 is 15.2 Å². The zero-order valence-electron chi connectivity index (χ0n) is 10.8. The molecule has 0 unspecified atom stereocenters. The molecule has 2 N–H and O–H groups in total. The van der Waals surface area contributed by atoms with Gasteiger partial charge in [0, 0.05) is 26.1 Å². The number of aromatic amines is 1. The van der Waals surface area contributed by atoms with Crippen molar-refractivity contribution >= 4 is 22.9 Å². The van der Waals surface area contributed by atoms with E-state index in [0.29, 0.717) is 11.7 Å². The second-order valence-corrected chi connectivity index (χ2v) is 4.75. The van der Waals surface area contributed by atoms with Gasteiger partial charge in [-0.25, -0.2) is 15.0 Å². The van der Waals surface area contributed by atoms with Crippen LogP contribution < -0.4 is 5.32 Å². The zero-order chi connectivity index (χ0) is 13.2. The minimum absolute atomic E-state index is 0.149. The van der Waals surface area contributed by atoms with Gasteiger partial charge in [0.05, 0.1) is 6.33 Å². The van der Waals surface area contributed by atoms with Crippen LogP contribution in [0, 0.1) is 0 Å². The smallest absolute Gasteiger partial charge is 0.219 e. The zero-order valence-corrected chi connectivity index (χ0v) is 10.8. The largest absolute Gasteiger partial charge is 0.365 e. The van der Waals surface area contributed by atoms with Crippen molar-refractivity contribution in [1.29, 1.82) is 0 Å². The molecule has 0 saturated carbocycles. The van der Waals surface area contributed by atoms with E-state index in [1.165, 1.54) is 6.33 Å². The molecule has 0 aromatic carbocycles. The summed E-state index contributed by atoms with van der Waals surface area (Å²) in [6, 6.07) is 0.331. The van der Waals surface area contributed by atoms with Crippen LogP contribution in [0.3, 0.4) is 0 Å². The van der Waals surface area contributed by atoms with E-state index in [2.05, 4.69) is 25.3 Å². The molecule has 0 aliphatic carbocycles. The van der Waals surface area contributed by atoms with E-state index >= 15 is 0 Å². The molecule has 7 heteroatoms. The second kappa shape index (κ2) is 4.83. The molecule has 19 heavy (non-hydrogen) atoms. The first kappa shape index (κ1) is 11.9. The van der Waals surface area contributed by atoms with Crippen molar-refractivity contribution in [2.24, 2.45) is 0 Å². The maximum Gasteiger partial charge on any atom is 0.219 e. The fourth-order valence-electron chi connectivity index (χ4n) is 2.41. The maximum absolute atomic E-state index is 11.3. The van der Waals surface area contributed by atoms with Gasteiger partial charge in [0.25, 0.3) is 0 Å². The van der Waals surface area contributed by atoms with E-state index in [-0.39, 0.29) is 5.91 Å². The van der Waals surface area contributed by atoms with Gasteiger partial charge in [0.2, 0.25) is 5.91 Å². The number of anilines is 1. The van der Waals surface area contributed by atoms with Gasteiger partial charge in [-0.15, -0.1) is 0 Å². The molecular weight excluding hydrogens is 244 g/mol. The molecule has 0 radical (unpaired) electrons. The first-order valence-electron chi connectivity index (χ1n) is 6.40.